The molecule has 0 aliphatic rings. The predicted octanol–water partition coefficient (Wildman–Crippen LogP) is 4.15. The highest BCUT2D eigenvalue weighted by atomic mass is 79.9. The molecule has 100 valence electrons. The lowest BCUT2D eigenvalue weighted by atomic mass is 10.2. The zero-order valence-corrected chi connectivity index (χ0v) is 12.3. The molecule has 0 radical (unpaired) electrons. The lowest BCUT2D eigenvalue weighted by molar-refractivity contribution is 0.0998. The number of aromatic nitrogens is 1. The van der Waals surface area contributed by atoms with Crippen molar-refractivity contribution >= 4 is 38.5 Å². The summed E-state index contributed by atoms with van der Waals surface area (Å²) in [5, 5.41) is 3.68. The number of halogens is 1. The van der Waals surface area contributed by atoms with Crippen LogP contribution in [0.15, 0.2) is 51.6 Å². The Kier molecular flexibility index (Phi) is 3.28. The van der Waals surface area contributed by atoms with E-state index in [1.807, 2.05) is 37.3 Å². The third kappa shape index (κ3) is 2.44. The minimum atomic E-state index is -0.287. The Morgan fingerprint density at radius 3 is 2.85 bits per heavy atom. The zero-order valence-electron chi connectivity index (χ0n) is 10.7. The molecule has 1 amide bonds. The van der Waals surface area contributed by atoms with Crippen LogP contribution in [0.25, 0.3) is 11.0 Å². The molecule has 0 spiro atoms. The van der Waals surface area contributed by atoms with Gasteiger partial charge >= 0.3 is 0 Å². The van der Waals surface area contributed by atoms with E-state index in [0.29, 0.717) is 11.3 Å². The van der Waals surface area contributed by atoms with Crippen molar-refractivity contribution in [1.82, 2.24) is 4.98 Å². The number of anilines is 1. The highest BCUT2D eigenvalue weighted by Gasteiger charge is 2.12. The van der Waals surface area contributed by atoms with E-state index in [9.17, 15) is 4.79 Å². The topological polar surface area (TPSA) is 55.1 Å². The lowest BCUT2D eigenvalue weighted by Crippen LogP contribution is -2.11. The van der Waals surface area contributed by atoms with Gasteiger partial charge < -0.3 is 9.73 Å². The van der Waals surface area contributed by atoms with Gasteiger partial charge in [0.05, 0.1) is 11.9 Å². The van der Waals surface area contributed by atoms with Gasteiger partial charge in [0.15, 0.2) is 5.76 Å². The smallest absolute Gasteiger partial charge is 0.291 e. The normalized spacial score (nSPS) is 10.7. The number of nitrogens with zero attached hydrogens (tertiary/aromatic N) is 1. The van der Waals surface area contributed by atoms with Crippen molar-refractivity contribution in [2.45, 2.75) is 6.92 Å². The van der Waals surface area contributed by atoms with Crippen LogP contribution >= 0.6 is 15.9 Å². The Morgan fingerprint density at radius 2 is 2.10 bits per heavy atom. The van der Waals surface area contributed by atoms with E-state index in [1.165, 1.54) is 0 Å². The van der Waals surface area contributed by atoms with Gasteiger partial charge in [0.25, 0.3) is 5.91 Å². The fourth-order valence-electron chi connectivity index (χ4n) is 1.91. The first-order valence-corrected chi connectivity index (χ1v) is 6.85. The second-order valence-corrected chi connectivity index (χ2v) is 5.19. The van der Waals surface area contributed by atoms with Gasteiger partial charge in [-0.3, -0.25) is 4.79 Å². The van der Waals surface area contributed by atoms with Gasteiger partial charge in [0, 0.05) is 5.39 Å². The number of benzene rings is 1. The molecule has 20 heavy (non-hydrogen) atoms. The fraction of sp³-hybridized carbons (Fsp3) is 0.0667. The molecule has 5 heteroatoms. The Morgan fingerprint density at radius 1 is 1.30 bits per heavy atom. The maximum absolute atomic E-state index is 12.1. The first-order valence-electron chi connectivity index (χ1n) is 6.05. The van der Waals surface area contributed by atoms with Crippen LogP contribution in [0.5, 0.6) is 0 Å². The first-order chi connectivity index (χ1) is 9.63. The number of carbonyl (C=O) groups is 1. The zero-order chi connectivity index (χ0) is 14.1. The Hall–Kier alpha value is -2.14. The van der Waals surface area contributed by atoms with Crippen LogP contribution in [0.2, 0.25) is 0 Å². The fourth-order valence-corrected chi connectivity index (χ4v) is 2.13. The van der Waals surface area contributed by atoms with Crippen LogP contribution in [0, 0.1) is 6.92 Å². The van der Waals surface area contributed by atoms with Crippen LogP contribution < -0.4 is 5.32 Å². The molecule has 0 aliphatic carbocycles. The molecule has 0 saturated heterocycles. The number of rotatable bonds is 2. The molecule has 0 atom stereocenters. The van der Waals surface area contributed by atoms with Crippen molar-refractivity contribution in [3.8, 4) is 0 Å². The van der Waals surface area contributed by atoms with E-state index in [0.717, 1.165) is 15.6 Å². The predicted molar refractivity (Wildman–Crippen MR) is 80.8 cm³/mol. The first kappa shape index (κ1) is 12.9. The lowest BCUT2D eigenvalue weighted by Gasteiger charge is -2.04. The average Bonchev–Trinajstić information content (AvgIpc) is 2.87. The van der Waals surface area contributed by atoms with E-state index >= 15 is 0 Å². The van der Waals surface area contributed by atoms with Gasteiger partial charge in [0.2, 0.25) is 0 Å². The summed E-state index contributed by atoms with van der Waals surface area (Å²) in [5.41, 5.74) is 2.28. The molecular weight excluding hydrogens is 320 g/mol. The standard InChI is InChI=1S/C15H11BrN2O2/c1-9-6-11(8-17-14(9)16)18-15(19)13-7-10-4-2-3-5-12(10)20-13/h2-8H,1H3,(H,18,19). The highest BCUT2D eigenvalue weighted by Crippen LogP contribution is 2.21. The molecule has 1 N–H and O–H groups in total. The Balaban J connectivity index is 1.86. The molecule has 0 bridgehead atoms. The molecule has 3 rings (SSSR count). The van der Waals surface area contributed by atoms with Crippen LogP contribution in [-0.2, 0) is 0 Å². The molecule has 2 heterocycles. The molecule has 2 aromatic heterocycles. The maximum Gasteiger partial charge on any atom is 0.291 e. The molecular formula is C15H11BrN2O2. The molecule has 0 saturated carbocycles. The SMILES string of the molecule is Cc1cc(NC(=O)c2cc3ccccc3o2)cnc1Br. The summed E-state index contributed by atoms with van der Waals surface area (Å²) in [7, 11) is 0. The molecule has 3 aromatic rings. The summed E-state index contributed by atoms with van der Waals surface area (Å²) >= 11 is 3.32. The van der Waals surface area contributed by atoms with Crippen LogP contribution in [0.1, 0.15) is 16.1 Å². The number of aryl methyl sites for hydroxylation is 1. The van der Waals surface area contributed by atoms with Crippen molar-refractivity contribution < 1.29 is 9.21 Å². The van der Waals surface area contributed by atoms with Crippen molar-refractivity contribution in [2.24, 2.45) is 0 Å². The van der Waals surface area contributed by atoms with Gasteiger partial charge in [-0.25, -0.2) is 4.98 Å². The van der Waals surface area contributed by atoms with Gasteiger partial charge in [0.1, 0.15) is 10.2 Å². The summed E-state index contributed by atoms with van der Waals surface area (Å²) < 4.78 is 6.28. The monoisotopic (exact) mass is 330 g/mol. The largest absolute Gasteiger partial charge is 0.451 e. The number of fused-ring (bicyclic) bond motifs is 1. The number of pyridine rings is 1. The summed E-state index contributed by atoms with van der Waals surface area (Å²) in [6.45, 7) is 1.91. The third-order valence-corrected chi connectivity index (χ3v) is 3.75. The van der Waals surface area contributed by atoms with E-state index < -0.39 is 0 Å². The van der Waals surface area contributed by atoms with Gasteiger partial charge in [-0.05, 0) is 46.6 Å². The highest BCUT2D eigenvalue weighted by molar-refractivity contribution is 9.10. The Bertz CT molecular complexity index is 762. The van der Waals surface area contributed by atoms with Gasteiger partial charge in [-0.2, -0.15) is 0 Å². The minimum Gasteiger partial charge on any atom is -0.451 e. The summed E-state index contributed by atoms with van der Waals surface area (Å²) in [4.78, 5) is 16.3. The Labute approximate surface area is 123 Å². The number of carbonyl (C=O) groups excluding carboxylic acids is 1. The van der Waals surface area contributed by atoms with Gasteiger partial charge in [-0.15, -0.1) is 0 Å². The van der Waals surface area contributed by atoms with Crippen LogP contribution in [0.4, 0.5) is 5.69 Å². The summed E-state index contributed by atoms with van der Waals surface area (Å²) in [6, 6.07) is 11.1. The molecule has 0 unspecified atom stereocenters. The molecule has 0 fully saturated rings. The maximum atomic E-state index is 12.1. The van der Waals surface area contributed by atoms with Crippen molar-refractivity contribution in [2.75, 3.05) is 5.32 Å². The third-order valence-electron chi connectivity index (χ3n) is 2.92. The van der Waals surface area contributed by atoms with Crippen molar-refractivity contribution in [3.63, 3.8) is 0 Å². The van der Waals surface area contributed by atoms with E-state index in [2.05, 4.69) is 26.2 Å². The molecule has 1 aromatic carbocycles. The van der Waals surface area contributed by atoms with Gasteiger partial charge in [-0.1, -0.05) is 18.2 Å². The summed E-state index contributed by atoms with van der Waals surface area (Å²) in [6.07, 6.45) is 1.59. The van der Waals surface area contributed by atoms with E-state index in [1.54, 1.807) is 12.3 Å². The number of nitrogens with one attached hydrogen (secondary N) is 1. The quantitative estimate of drug-likeness (QED) is 0.718. The summed E-state index contributed by atoms with van der Waals surface area (Å²) in [5.74, 6) is -0.00325. The average molecular weight is 331 g/mol. The number of hydrogen-bond acceptors (Lipinski definition) is 3. The van der Waals surface area contributed by atoms with Crippen molar-refractivity contribution in [1.29, 1.82) is 0 Å². The van der Waals surface area contributed by atoms with Crippen LogP contribution in [-0.4, -0.2) is 10.9 Å². The molecule has 4 nitrogen and oxygen atoms in total. The number of furan rings is 1. The molecule has 0 aliphatic heterocycles. The van der Waals surface area contributed by atoms with Crippen LogP contribution in [0.3, 0.4) is 0 Å². The minimum absolute atomic E-state index is 0.284. The van der Waals surface area contributed by atoms with E-state index in [4.69, 9.17) is 4.42 Å². The second-order valence-electron chi connectivity index (χ2n) is 4.43. The van der Waals surface area contributed by atoms with E-state index in [-0.39, 0.29) is 11.7 Å². The number of amides is 1. The number of para-hydroxylation sites is 1. The second kappa shape index (κ2) is 5.09. The number of hydrogen-bond donors (Lipinski definition) is 1. The van der Waals surface area contributed by atoms with Crippen molar-refractivity contribution in [3.05, 3.63) is 58.5 Å².